The molecule has 0 atom stereocenters. The van der Waals surface area contributed by atoms with Gasteiger partial charge in [-0.25, -0.2) is 0 Å². The Kier molecular flexibility index (Phi) is 4.47. The summed E-state index contributed by atoms with van der Waals surface area (Å²) in [5.41, 5.74) is 6.60. The summed E-state index contributed by atoms with van der Waals surface area (Å²) in [5, 5.41) is 1.14. The molecule has 0 radical (unpaired) electrons. The second-order valence-corrected chi connectivity index (χ2v) is 6.36. The van der Waals surface area contributed by atoms with Gasteiger partial charge in [0, 0.05) is 25.6 Å². The average Bonchev–Trinajstić information content (AvgIpc) is 2.80. The van der Waals surface area contributed by atoms with Crippen LogP contribution in [0.1, 0.15) is 35.9 Å². The summed E-state index contributed by atoms with van der Waals surface area (Å²) < 4.78 is 0. The van der Waals surface area contributed by atoms with Crippen molar-refractivity contribution in [2.45, 2.75) is 32.2 Å². The second-order valence-electron chi connectivity index (χ2n) is 5.33. The number of ketones is 1. The number of Topliss-reactive ketones (excluding diaryl/α,β-unsaturated/α-hetero) is 1. The van der Waals surface area contributed by atoms with Crippen molar-refractivity contribution in [2.24, 2.45) is 0 Å². The van der Waals surface area contributed by atoms with Crippen LogP contribution in [-0.4, -0.2) is 43.9 Å². The summed E-state index contributed by atoms with van der Waals surface area (Å²) in [6.45, 7) is 3.97. The van der Waals surface area contributed by atoms with E-state index in [0.29, 0.717) is 18.2 Å². The molecule has 1 fully saturated rings. The molecule has 1 aromatic rings. The highest BCUT2D eigenvalue weighted by Crippen LogP contribution is 2.34. The van der Waals surface area contributed by atoms with Gasteiger partial charge in [0.15, 0.2) is 5.78 Å². The molecular formula is C14H23N3OS. The topological polar surface area (TPSA) is 49.6 Å². The maximum atomic E-state index is 11.8. The van der Waals surface area contributed by atoms with E-state index >= 15 is 0 Å². The molecule has 0 bridgehead atoms. The molecule has 19 heavy (non-hydrogen) atoms. The summed E-state index contributed by atoms with van der Waals surface area (Å²) in [4.78, 5) is 17.2. The highest BCUT2D eigenvalue weighted by atomic mass is 32.1. The van der Waals surface area contributed by atoms with Crippen LogP contribution in [0, 0.1) is 0 Å². The zero-order valence-electron chi connectivity index (χ0n) is 12.0. The molecule has 5 heteroatoms. The third-order valence-corrected chi connectivity index (χ3v) is 5.08. The van der Waals surface area contributed by atoms with Crippen LogP contribution >= 0.6 is 11.3 Å². The molecule has 1 aromatic heterocycles. The number of anilines is 2. The van der Waals surface area contributed by atoms with E-state index in [0.717, 1.165) is 23.0 Å². The van der Waals surface area contributed by atoms with Gasteiger partial charge in [0.2, 0.25) is 0 Å². The van der Waals surface area contributed by atoms with E-state index in [1.165, 1.54) is 12.8 Å². The first-order valence-electron chi connectivity index (χ1n) is 6.86. The molecule has 4 nitrogen and oxygen atoms in total. The van der Waals surface area contributed by atoms with Crippen molar-refractivity contribution in [3.05, 3.63) is 10.9 Å². The minimum absolute atomic E-state index is 0.150. The van der Waals surface area contributed by atoms with Crippen LogP contribution < -0.4 is 10.6 Å². The van der Waals surface area contributed by atoms with Crippen LogP contribution in [0.2, 0.25) is 0 Å². The third-order valence-electron chi connectivity index (χ3n) is 3.83. The van der Waals surface area contributed by atoms with Gasteiger partial charge in [0.1, 0.15) is 0 Å². The minimum atomic E-state index is 0.150. The van der Waals surface area contributed by atoms with Crippen molar-refractivity contribution < 1.29 is 4.79 Å². The van der Waals surface area contributed by atoms with Crippen LogP contribution in [-0.2, 0) is 0 Å². The lowest BCUT2D eigenvalue weighted by atomic mass is 10.0. The fourth-order valence-electron chi connectivity index (χ4n) is 2.53. The fourth-order valence-corrected chi connectivity index (χ4v) is 3.67. The van der Waals surface area contributed by atoms with E-state index in [2.05, 4.69) is 23.9 Å². The number of nitrogens with two attached hydrogens (primary N) is 1. The molecule has 0 saturated carbocycles. The quantitative estimate of drug-likeness (QED) is 0.861. The number of thiophene rings is 1. The van der Waals surface area contributed by atoms with Gasteiger partial charge < -0.3 is 15.5 Å². The first kappa shape index (κ1) is 14.3. The van der Waals surface area contributed by atoms with Crippen LogP contribution in [0.5, 0.6) is 0 Å². The van der Waals surface area contributed by atoms with Crippen LogP contribution in [0.15, 0.2) is 6.07 Å². The summed E-state index contributed by atoms with van der Waals surface area (Å²) in [7, 11) is 4.28. The predicted molar refractivity (Wildman–Crippen MR) is 82.3 cm³/mol. The van der Waals surface area contributed by atoms with Gasteiger partial charge in [-0.15, -0.1) is 11.3 Å². The Morgan fingerprint density at radius 2 is 2.11 bits per heavy atom. The van der Waals surface area contributed by atoms with E-state index in [1.54, 1.807) is 11.3 Å². The van der Waals surface area contributed by atoms with E-state index in [-0.39, 0.29) is 5.78 Å². The summed E-state index contributed by atoms with van der Waals surface area (Å²) >= 11 is 1.55. The van der Waals surface area contributed by atoms with Gasteiger partial charge in [-0.05, 0) is 33.0 Å². The molecule has 0 aromatic carbocycles. The first-order valence-corrected chi connectivity index (χ1v) is 7.68. The van der Waals surface area contributed by atoms with Crippen LogP contribution in [0.4, 0.5) is 10.7 Å². The Morgan fingerprint density at radius 3 is 2.63 bits per heavy atom. The molecule has 1 aliphatic heterocycles. The number of nitrogens with zero attached hydrogens (tertiary/aromatic N) is 2. The molecule has 2 N–H and O–H groups in total. The van der Waals surface area contributed by atoms with Crippen molar-refractivity contribution >= 4 is 27.8 Å². The van der Waals surface area contributed by atoms with Crippen molar-refractivity contribution in [3.8, 4) is 0 Å². The largest absolute Gasteiger partial charge is 0.397 e. The fraction of sp³-hybridized carbons (Fsp3) is 0.643. The highest BCUT2D eigenvalue weighted by Gasteiger charge is 2.23. The smallest absolute Gasteiger partial charge is 0.174 e. The lowest BCUT2D eigenvalue weighted by Crippen LogP contribution is -2.41. The van der Waals surface area contributed by atoms with E-state index in [1.807, 2.05) is 13.0 Å². The number of carbonyl (C=O) groups excluding carboxylic acids is 1. The standard InChI is InChI=1S/C14H23N3OS/c1-4-12(18)14-11(15)9-13(19-14)17-7-5-10(6-8-17)16(2)3/h9-10H,4-8,15H2,1-3H3. The SMILES string of the molecule is CCC(=O)c1sc(N2CCC(N(C)C)CC2)cc1N. The molecule has 0 amide bonds. The van der Waals surface area contributed by atoms with E-state index in [9.17, 15) is 4.79 Å². The summed E-state index contributed by atoms with van der Waals surface area (Å²) in [5.74, 6) is 0.150. The van der Waals surface area contributed by atoms with Gasteiger partial charge in [-0.3, -0.25) is 4.79 Å². The summed E-state index contributed by atoms with van der Waals surface area (Å²) in [6, 6.07) is 2.63. The van der Waals surface area contributed by atoms with Crippen molar-refractivity contribution in [1.82, 2.24) is 4.90 Å². The van der Waals surface area contributed by atoms with Crippen LogP contribution in [0.3, 0.4) is 0 Å². The average molecular weight is 281 g/mol. The second kappa shape index (κ2) is 5.92. The maximum Gasteiger partial charge on any atom is 0.174 e. The zero-order chi connectivity index (χ0) is 14.0. The van der Waals surface area contributed by atoms with Crippen molar-refractivity contribution in [3.63, 3.8) is 0 Å². The first-order chi connectivity index (χ1) is 9.02. The lowest BCUT2D eigenvalue weighted by Gasteiger charge is -2.35. The lowest BCUT2D eigenvalue weighted by molar-refractivity contribution is 0.0993. The number of hydrogen-bond donors (Lipinski definition) is 1. The summed E-state index contributed by atoms with van der Waals surface area (Å²) in [6.07, 6.45) is 2.86. The molecule has 0 aliphatic carbocycles. The third kappa shape index (κ3) is 3.09. The zero-order valence-corrected chi connectivity index (χ0v) is 12.8. The monoisotopic (exact) mass is 281 g/mol. The molecule has 0 unspecified atom stereocenters. The number of hydrogen-bond acceptors (Lipinski definition) is 5. The molecular weight excluding hydrogens is 258 g/mol. The molecule has 106 valence electrons. The Labute approximate surface area is 119 Å². The molecule has 2 rings (SSSR count). The number of carbonyl (C=O) groups is 1. The Morgan fingerprint density at radius 1 is 1.47 bits per heavy atom. The van der Waals surface area contributed by atoms with Gasteiger partial charge in [0.25, 0.3) is 0 Å². The van der Waals surface area contributed by atoms with Gasteiger partial charge >= 0.3 is 0 Å². The Bertz CT molecular complexity index is 448. The molecule has 1 aliphatic rings. The number of nitrogen functional groups attached to an aromatic ring is 1. The minimum Gasteiger partial charge on any atom is -0.397 e. The van der Waals surface area contributed by atoms with Gasteiger partial charge in [0.05, 0.1) is 15.6 Å². The number of piperidine rings is 1. The maximum absolute atomic E-state index is 11.8. The molecule has 2 heterocycles. The van der Waals surface area contributed by atoms with Gasteiger partial charge in [-0.2, -0.15) is 0 Å². The van der Waals surface area contributed by atoms with E-state index < -0.39 is 0 Å². The van der Waals surface area contributed by atoms with Crippen molar-refractivity contribution in [1.29, 1.82) is 0 Å². The Hall–Kier alpha value is -1.07. The van der Waals surface area contributed by atoms with E-state index in [4.69, 9.17) is 5.73 Å². The highest BCUT2D eigenvalue weighted by molar-refractivity contribution is 7.18. The number of rotatable bonds is 4. The molecule has 0 spiro atoms. The van der Waals surface area contributed by atoms with Crippen molar-refractivity contribution in [2.75, 3.05) is 37.8 Å². The van der Waals surface area contributed by atoms with Crippen LogP contribution in [0.25, 0.3) is 0 Å². The normalized spacial score (nSPS) is 17.2. The van der Waals surface area contributed by atoms with Gasteiger partial charge in [-0.1, -0.05) is 6.92 Å². The Balaban J connectivity index is 2.06. The predicted octanol–water partition coefficient (Wildman–Crippen LogP) is 2.45. The molecule has 1 saturated heterocycles.